The molecule has 1 amide bonds. The Morgan fingerprint density at radius 3 is 2.25 bits per heavy atom. The van der Waals surface area contributed by atoms with Gasteiger partial charge in [-0.25, -0.2) is 4.79 Å². The van der Waals surface area contributed by atoms with Gasteiger partial charge in [0.2, 0.25) is 0 Å². The molecule has 4 nitrogen and oxygen atoms in total. The van der Waals surface area contributed by atoms with Gasteiger partial charge in [0.25, 0.3) is 5.91 Å². The van der Waals surface area contributed by atoms with Crippen molar-refractivity contribution in [2.45, 2.75) is 13.1 Å². The lowest BCUT2D eigenvalue weighted by Gasteiger charge is -2.09. The predicted molar refractivity (Wildman–Crippen MR) is 81.5 cm³/mol. The fourth-order valence-corrected chi connectivity index (χ4v) is 1.91. The second kappa shape index (κ2) is 7.16. The Balaban J connectivity index is 1.91. The number of aryl methyl sites for hydroxylation is 1. The van der Waals surface area contributed by atoms with Crippen LogP contribution in [0, 0.1) is 6.92 Å². The number of rotatable bonds is 4. The number of amides is 1. The zero-order valence-electron chi connectivity index (χ0n) is 12.7. The second-order valence-electron chi connectivity index (χ2n) is 5.01. The molecule has 0 heterocycles. The van der Waals surface area contributed by atoms with Crippen molar-refractivity contribution in [1.82, 2.24) is 0 Å². The summed E-state index contributed by atoms with van der Waals surface area (Å²) in [5.74, 6) is -1.41. The molecule has 126 valence electrons. The minimum absolute atomic E-state index is 0.0632. The highest BCUT2D eigenvalue weighted by Crippen LogP contribution is 2.29. The smallest absolute Gasteiger partial charge is 0.416 e. The molecule has 0 fully saturated rings. The van der Waals surface area contributed by atoms with Crippen LogP contribution >= 0.6 is 0 Å². The lowest BCUT2D eigenvalue weighted by molar-refractivity contribution is -0.137. The molecule has 0 saturated heterocycles. The minimum Gasteiger partial charge on any atom is -0.452 e. The Morgan fingerprint density at radius 2 is 1.67 bits per heavy atom. The topological polar surface area (TPSA) is 55.4 Å². The van der Waals surface area contributed by atoms with Crippen LogP contribution in [0.3, 0.4) is 0 Å². The van der Waals surface area contributed by atoms with E-state index >= 15 is 0 Å². The Kier molecular flexibility index (Phi) is 5.23. The third kappa shape index (κ3) is 4.58. The molecule has 0 bridgehead atoms. The van der Waals surface area contributed by atoms with Gasteiger partial charge in [0.15, 0.2) is 6.61 Å². The molecule has 0 saturated carbocycles. The first-order chi connectivity index (χ1) is 11.3. The van der Waals surface area contributed by atoms with Gasteiger partial charge in [0, 0.05) is 5.69 Å². The summed E-state index contributed by atoms with van der Waals surface area (Å²) < 4.78 is 42.1. The molecule has 0 aromatic heterocycles. The number of anilines is 1. The van der Waals surface area contributed by atoms with Crippen LogP contribution in [-0.4, -0.2) is 18.5 Å². The van der Waals surface area contributed by atoms with E-state index in [9.17, 15) is 22.8 Å². The van der Waals surface area contributed by atoms with Crippen LogP contribution in [0.5, 0.6) is 0 Å². The van der Waals surface area contributed by atoms with Gasteiger partial charge in [-0.15, -0.1) is 0 Å². The molecule has 1 N–H and O–H groups in total. The minimum atomic E-state index is -4.48. The quantitative estimate of drug-likeness (QED) is 0.863. The molecule has 7 heteroatoms. The Labute approximate surface area is 136 Å². The standard InChI is InChI=1S/C17H14F3NO3/c1-11-4-2-3-5-14(11)21-15(22)10-24-16(23)12-6-8-13(9-7-12)17(18,19)20/h2-9H,10H2,1H3,(H,21,22). The SMILES string of the molecule is Cc1ccccc1NC(=O)COC(=O)c1ccc(C(F)(F)F)cc1. The van der Waals surface area contributed by atoms with Crippen LogP contribution in [0.15, 0.2) is 48.5 Å². The molecule has 0 atom stereocenters. The molecule has 2 aromatic rings. The first kappa shape index (κ1) is 17.5. The molecule has 24 heavy (non-hydrogen) atoms. The first-order valence-corrected chi connectivity index (χ1v) is 6.97. The number of esters is 1. The van der Waals surface area contributed by atoms with Crippen LogP contribution in [0.25, 0.3) is 0 Å². The van der Waals surface area contributed by atoms with Gasteiger partial charge in [-0.05, 0) is 42.8 Å². The van der Waals surface area contributed by atoms with E-state index in [0.717, 1.165) is 29.8 Å². The molecule has 2 aromatic carbocycles. The number of halogens is 3. The Hall–Kier alpha value is -2.83. The largest absolute Gasteiger partial charge is 0.452 e. The van der Waals surface area contributed by atoms with Gasteiger partial charge in [0.05, 0.1) is 11.1 Å². The van der Waals surface area contributed by atoms with E-state index in [2.05, 4.69) is 5.32 Å². The molecule has 0 radical (unpaired) electrons. The molecule has 0 spiro atoms. The summed E-state index contributed by atoms with van der Waals surface area (Å²) in [5, 5.41) is 2.58. The molecule has 0 unspecified atom stereocenters. The van der Waals surface area contributed by atoms with E-state index in [0.29, 0.717) is 5.69 Å². The van der Waals surface area contributed by atoms with Crippen LogP contribution in [0.4, 0.5) is 18.9 Å². The lowest BCUT2D eigenvalue weighted by atomic mass is 10.1. The van der Waals surface area contributed by atoms with Gasteiger partial charge in [-0.3, -0.25) is 4.79 Å². The summed E-state index contributed by atoms with van der Waals surface area (Å²) in [6.45, 7) is 1.28. The van der Waals surface area contributed by atoms with E-state index in [1.807, 2.05) is 19.1 Å². The number of carbonyl (C=O) groups is 2. The first-order valence-electron chi connectivity index (χ1n) is 6.97. The van der Waals surface area contributed by atoms with Crippen LogP contribution in [0.1, 0.15) is 21.5 Å². The highest BCUT2D eigenvalue weighted by molar-refractivity contribution is 5.95. The average molecular weight is 337 g/mol. The van der Waals surface area contributed by atoms with E-state index in [-0.39, 0.29) is 5.56 Å². The molecule has 0 aliphatic carbocycles. The Morgan fingerprint density at radius 1 is 1.04 bits per heavy atom. The average Bonchev–Trinajstić information content (AvgIpc) is 2.54. The van der Waals surface area contributed by atoms with Crippen molar-refractivity contribution in [2.75, 3.05) is 11.9 Å². The molecular weight excluding hydrogens is 323 g/mol. The van der Waals surface area contributed by atoms with Crippen molar-refractivity contribution in [3.63, 3.8) is 0 Å². The zero-order valence-corrected chi connectivity index (χ0v) is 12.7. The van der Waals surface area contributed by atoms with Crippen molar-refractivity contribution in [2.24, 2.45) is 0 Å². The molecular formula is C17H14F3NO3. The molecule has 2 rings (SSSR count). The number of ether oxygens (including phenoxy) is 1. The molecule has 0 aliphatic rings. The van der Waals surface area contributed by atoms with E-state index in [1.54, 1.807) is 12.1 Å². The predicted octanol–water partition coefficient (Wildman–Crippen LogP) is 3.81. The maximum atomic E-state index is 12.4. The van der Waals surface area contributed by atoms with Gasteiger partial charge >= 0.3 is 12.1 Å². The van der Waals surface area contributed by atoms with Crippen molar-refractivity contribution < 1.29 is 27.5 Å². The van der Waals surface area contributed by atoms with Crippen LogP contribution in [0.2, 0.25) is 0 Å². The number of alkyl halides is 3. The van der Waals surface area contributed by atoms with Crippen molar-refractivity contribution in [3.8, 4) is 0 Å². The van der Waals surface area contributed by atoms with Gasteiger partial charge in [-0.1, -0.05) is 18.2 Å². The summed E-state index contributed by atoms with van der Waals surface area (Å²) in [4.78, 5) is 23.5. The Bertz CT molecular complexity index is 739. The van der Waals surface area contributed by atoms with Crippen LogP contribution < -0.4 is 5.32 Å². The van der Waals surface area contributed by atoms with Crippen LogP contribution in [-0.2, 0) is 15.7 Å². The third-order valence-electron chi connectivity index (χ3n) is 3.20. The van der Waals surface area contributed by atoms with E-state index in [1.165, 1.54) is 0 Å². The van der Waals surface area contributed by atoms with Gasteiger partial charge in [-0.2, -0.15) is 13.2 Å². The zero-order chi connectivity index (χ0) is 17.7. The summed E-state index contributed by atoms with van der Waals surface area (Å²) in [5.41, 5.74) is 0.510. The summed E-state index contributed by atoms with van der Waals surface area (Å²) in [6.07, 6.45) is -4.48. The lowest BCUT2D eigenvalue weighted by Crippen LogP contribution is -2.21. The van der Waals surface area contributed by atoms with Gasteiger partial charge < -0.3 is 10.1 Å². The normalized spacial score (nSPS) is 11.0. The number of hydrogen-bond donors (Lipinski definition) is 1. The highest BCUT2D eigenvalue weighted by Gasteiger charge is 2.30. The number of benzene rings is 2. The third-order valence-corrected chi connectivity index (χ3v) is 3.20. The number of nitrogens with one attached hydrogen (secondary N) is 1. The van der Waals surface area contributed by atoms with Crippen molar-refractivity contribution in [1.29, 1.82) is 0 Å². The summed E-state index contributed by atoms with van der Waals surface area (Å²) >= 11 is 0. The monoisotopic (exact) mass is 337 g/mol. The maximum Gasteiger partial charge on any atom is 0.416 e. The van der Waals surface area contributed by atoms with E-state index in [4.69, 9.17) is 4.74 Å². The van der Waals surface area contributed by atoms with Crippen molar-refractivity contribution >= 4 is 17.6 Å². The number of carbonyl (C=O) groups excluding carboxylic acids is 2. The second-order valence-corrected chi connectivity index (χ2v) is 5.01. The summed E-state index contributed by atoms with van der Waals surface area (Å²) in [6, 6.07) is 10.6. The highest BCUT2D eigenvalue weighted by atomic mass is 19.4. The molecule has 0 aliphatic heterocycles. The fourth-order valence-electron chi connectivity index (χ4n) is 1.91. The van der Waals surface area contributed by atoms with Crippen molar-refractivity contribution in [3.05, 3.63) is 65.2 Å². The summed E-state index contributed by atoms with van der Waals surface area (Å²) in [7, 11) is 0. The van der Waals surface area contributed by atoms with E-state index < -0.39 is 30.2 Å². The number of para-hydroxylation sites is 1. The fraction of sp³-hybridized carbons (Fsp3) is 0.176. The number of hydrogen-bond acceptors (Lipinski definition) is 3. The van der Waals surface area contributed by atoms with Gasteiger partial charge in [0.1, 0.15) is 0 Å². The maximum absolute atomic E-state index is 12.4.